The van der Waals surface area contributed by atoms with Crippen LogP contribution in [0.3, 0.4) is 0 Å². The van der Waals surface area contributed by atoms with Gasteiger partial charge in [-0.15, -0.1) is 0 Å². The summed E-state index contributed by atoms with van der Waals surface area (Å²) < 4.78 is 0. The quantitative estimate of drug-likeness (QED) is 0.267. The van der Waals surface area contributed by atoms with Gasteiger partial charge < -0.3 is 0 Å². The number of hydrogen-bond donors (Lipinski definition) is 0. The van der Waals surface area contributed by atoms with Gasteiger partial charge in [0, 0.05) is 0 Å². The zero-order chi connectivity index (χ0) is 20.8. The second kappa shape index (κ2) is 7.15. The topological polar surface area (TPSA) is 0 Å². The van der Waals surface area contributed by atoms with Gasteiger partial charge in [0.1, 0.15) is 0 Å². The van der Waals surface area contributed by atoms with Crippen LogP contribution in [0.4, 0.5) is 0 Å². The summed E-state index contributed by atoms with van der Waals surface area (Å²) in [5.74, 6) is 0. The number of fused-ring (bicyclic) bond motifs is 2. The minimum absolute atomic E-state index is 1.32. The molecule has 0 amide bonds. The van der Waals surface area contributed by atoms with Gasteiger partial charge in [0.2, 0.25) is 0 Å². The van der Waals surface area contributed by atoms with Gasteiger partial charge in [-0.1, -0.05) is 84.9 Å². The molecule has 0 unspecified atom stereocenters. The maximum atomic E-state index is 2.29. The first kappa shape index (κ1) is 18.6. The summed E-state index contributed by atoms with van der Waals surface area (Å²) >= 11 is 0. The Morgan fingerprint density at radius 1 is 0.300 bits per heavy atom. The van der Waals surface area contributed by atoms with E-state index >= 15 is 0 Å². The molecule has 0 nitrogen and oxygen atoms in total. The number of hydrogen-bond acceptors (Lipinski definition) is 0. The molecule has 0 bridgehead atoms. The van der Waals surface area contributed by atoms with Crippen molar-refractivity contribution in [2.24, 2.45) is 0 Å². The van der Waals surface area contributed by atoms with E-state index in [4.69, 9.17) is 0 Å². The molecule has 0 heterocycles. The predicted octanol–water partition coefficient (Wildman–Crippen LogP) is 8.56. The first-order chi connectivity index (χ1) is 14.6. The second-order valence-corrected chi connectivity index (χ2v) is 8.37. The van der Waals surface area contributed by atoms with Gasteiger partial charge in [-0.2, -0.15) is 0 Å². The molecule has 5 aromatic rings. The van der Waals surface area contributed by atoms with E-state index < -0.39 is 0 Å². The smallest absolute Gasteiger partial charge is 0.00210 e. The van der Waals surface area contributed by atoms with Gasteiger partial charge in [-0.05, 0) is 93.7 Å². The summed E-state index contributed by atoms with van der Waals surface area (Å²) in [4.78, 5) is 0. The molecule has 0 heteroatoms. The molecule has 0 saturated carbocycles. The summed E-state index contributed by atoms with van der Waals surface area (Å²) in [5.41, 5.74) is 10.7. The molecule has 0 spiro atoms. The van der Waals surface area contributed by atoms with Crippen molar-refractivity contribution in [2.75, 3.05) is 0 Å². The lowest BCUT2D eigenvalue weighted by molar-refractivity contribution is 1.38. The van der Waals surface area contributed by atoms with Gasteiger partial charge in [0.05, 0.1) is 0 Å². The van der Waals surface area contributed by atoms with Crippen molar-refractivity contribution >= 4 is 21.5 Å². The average molecular weight is 387 g/mol. The Balaban J connectivity index is 2.07. The van der Waals surface area contributed by atoms with E-state index in [1.54, 1.807) is 0 Å². The monoisotopic (exact) mass is 386 g/mol. The molecular weight excluding hydrogens is 360 g/mol. The Bertz CT molecular complexity index is 1210. The van der Waals surface area contributed by atoms with E-state index in [-0.39, 0.29) is 0 Å². The lowest BCUT2D eigenvalue weighted by Gasteiger charge is -2.21. The Morgan fingerprint density at radius 3 is 0.833 bits per heavy atom. The maximum absolute atomic E-state index is 2.29. The van der Waals surface area contributed by atoms with Crippen LogP contribution in [0, 0.1) is 27.7 Å². The average Bonchev–Trinajstić information content (AvgIpc) is 2.74. The third-order valence-electron chi connectivity index (χ3n) is 6.39. The predicted molar refractivity (Wildman–Crippen MR) is 131 cm³/mol. The third-order valence-corrected chi connectivity index (χ3v) is 6.39. The largest absolute Gasteiger partial charge is 0.0617 e. The summed E-state index contributed by atoms with van der Waals surface area (Å²) in [6.07, 6.45) is 0. The molecule has 0 aliphatic rings. The van der Waals surface area contributed by atoms with Crippen LogP contribution < -0.4 is 0 Å². The molecule has 5 rings (SSSR count). The number of aryl methyl sites for hydroxylation is 4. The lowest BCUT2D eigenvalue weighted by atomic mass is 9.82. The summed E-state index contributed by atoms with van der Waals surface area (Å²) in [7, 11) is 0. The summed E-state index contributed by atoms with van der Waals surface area (Å²) in [6.45, 7) is 8.91. The Kier molecular flexibility index (Phi) is 4.44. The van der Waals surface area contributed by atoms with Gasteiger partial charge in [0.15, 0.2) is 0 Å². The minimum Gasteiger partial charge on any atom is -0.0617 e. The molecule has 30 heavy (non-hydrogen) atoms. The van der Waals surface area contributed by atoms with Crippen molar-refractivity contribution in [1.29, 1.82) is 0 Å². The fourth-order valence-electron chi connectivity index (χ4n) is 5.08. The molecule has 5 aromatic carbocycles. The highest BCUT2D eigenvalue weighted by Gasteiger charge is 2.19. The Morgan fingerprint density at radius 2 is 0.567 bits per heavy atom. The molecule has 0 aliphatic carbocycles. The summed E-state index contributed by atoms with van der Waals surface area (Å²) in [6, 6.07) is 31.1. The van der Waals surface area contributed by atoms with Crippen LogP contribution in [0.5, 0.6) is 0 Å². The van der Waals surface area contributed by atoms with Crippen molar-refractivity contribution < 1.29 is 0 Å². The van der Waals surface area contributed by atoms with Gasteiger partial charge in [0.25, 0.3) is 0 Å². The second-order valence-electron chi connectivity index (χ2n) is 8.37. The Labute approximate surface area is 178 Å². The fraction of sp³-hybridized carbons (Fsp3) is 0.133. The SMILES string of the molecule is Cc1cccc(C)c1-c1c2ccccc2c(-c2c(C)cccc2C)c2ccccc12. The molecule has 0 N–H and O–H groups in total. The van der Waals surface area contributed by atoms with Crippen molar-refractivity contribution in [3.8, 4) is 22.3 Å². The van der Waals surface area contributed by atoms with Crippen LogP contribution in [-0.2, 0) is 0 Å². The van der Waals surface area contributed by atoms with Crippen LogP contribution >= 0.6 is 0 Å². The van der Waals surface area contributed by atoms with Crippen molar-refractivity contribution in [3.05, 3.63) is 107 Å². The van der Waals surface area contributed by atoms with E-state index in [0.717, 1.165) is 0 Å². The molecule has 0 atom stereocenters. The van der Waals surface area contributed by atoms with E-state index in [1.165, 1.54) is 66.1 Å². The normalized spacial score (nSPS) is 11.3. The van der Waals surface area contributed by atoms with Crippen molar-refractivity contribution in [1.82, 2.24) is 0 Å². The molecule has 0 saturated heterocycles. The van der Waals surface area contributed by atoms with Crippen molar-refractivity contribution in [2.45, 2.75) is 27.7 Å². The first-order valence-electron chi connectivity index (χ1n) is 10.6. The van der Waals surface area contributed by atoms with Crippen LogP contribution in [0.2, 0.25) is 0 Å². The highest BCUT2D eigenvalue weighted by Crippen LogP contribution is 2.46. The van der Waals surface area contributed by atoms with Crippen LogP contribution in [0.15, 0.2) is 84.9 Å². The highest BCUT2D eigenvalue weighted by molar-refractivity contribution is 6.22. The number of rotatable bonds is 2. The van der Waals surface area contributed by atoms with Crippen molar-refractivity contribution in [3.63, 3.8) is 0 Å². The first-order valence-corrected chi connectivity index (χ1v) is 10.6. The van der Waals surface area contributed by atoms with E-state index in [0.29, 0.717) is 0 Å². The molecular formula is C30H26. The lowest BCUT2D eigenvalue weighted by Crippen LogP contribution is -1.96. The Hall–Kier alpha value is -3.38. The van der Waals surface area contributed by atoms with E-state index in [1.807, 2.05) is 0 Å². The molecule has 0 aliphatic heterocycles. The van der Waals surface area contributed by atoms with E-state index in [2.05, 4.69) is 113 Å². The van der Waals surface area contributed by atoms with Gasteiger partial charge >= 0.3 is 0 Å². The molecule has 0 fully saturated rings. The molecule has 146 valence electrons. The highest BCUT2D eigenvalue weighted by atomic mass is 14.2. The third kappa shape index (κ3) is 2.75. The zero-order valence-electron chi connectivity index (χ0n) is 18.1. The van der Waals surface area contributed by atoms with Crippen LogP contribution in [0.1, 0.15) is 22.3 Å². The summed E-state index contributed by atoms with van der Waals surface area (Å²) in [5, 5.41) is 5.30. The van der Waals surface area contributed by atoms with Gasteiger partial charge in [-0.3, -0.25) is 0 Å². The standard InChI is InChI=1S/C30H26/c1-19-11-9-12-20(2)27(19)29-23-15-5-7-17-25(23)30(26-18-8-6-16-24(26)29)28-21(3)13-10-14-22(28)4/h5-18H,1-4H3. The zero-order valence-corrected chi connectivity index (χ0v) is 18.1. The van der Waals surface area contributed by atoms with Gasteiger partial charge in [-0.25, -0.2) is 0 Å². The minimum atomic E-state index is 1.32. The van der Waals surface area contributed by atoms with Crippen LogP contribution in [0.25, 0.3) is 43.8 Å². The van der Waals surface area contributed by atoms with Crippen LogP contribution in [-0.4, -0.2) is 0 Å². The molecule has 0 aromatic heterocycles. The fourth-order valence-corrected chi connectivity index (χ4v) is 5.08. The number of benzene rings is 5. The maximum Gasteiger partial charge on any atom is -0.00210 e. The molecule has 0 radical (unpaired) electrons. The van der Waals surface area contributed by atoms with E-state index in [9.17, 15) is 0 Å².